The lowest BCUT2D eigenvalue weighted by molar-refractivity contribution is -0.123. The third-order valence-corrected chi connectivity index (χ3v) is 3.27. The van der Waals surface area contributed by atoms with E-state index in [1.54, 1.807) is 49.8 Å². The third-order valence-electron chi connectivity index (χ3n) is 2.65. The van der Waals surface area contributed by atoms with Crippen molar-refractivity contribution >= 4 is 34.1 Å². The molecular formula is C16H15BrN2O4. The third kappa shape index (κ3) is 5.63. The Morgan fingerprint density at radius 1 is 1.43 bits per heavy atom. The minimum absolute atomic E-state index is 0.149. The van der Waals surface area contributed by atoms with E-state index in [-0.39, 0.29) is 12.5 Å². The van der Waals surface area contributed by atoms with Crippen molar-refractivity contribution in [2.24, 2.45) is 5.10 Å². The number of hydrogen-bond acceptors (Lipinski definition) is 5. The van der Waals surface area contributed by atoms with Crippen molar-refractivity contribution in [2.45, 2.75) is 0 Å². The van der Waals surface area contributed by atoms with Gasteiger partial charge in [-0.2, -0.15) is 5.10 Å². The first kappa shape index (κ1) is 16.8. The number of carbonyl (C=O) groups is 1. The SMILES string of the molecule is COc1ccc(OCC(=O)N/N=C/C=C/c2ccco2)c(Br)c1. The zero-order valence-corrected chi connectivity index (χ0v) is 13.9. The van der Waals surface area contributed by atoms with Gasteiger partial charge in [0.25, 0.3) is 5.91 Å². The van der Waals surface area contributed by atoms with Gasteiger partial charge in [0.15, 0.2) is 6.61 Å². The fourth-order valence-electron chi connectivity index (χ4n) is 1.58. The molecule has 0 fully saturated rings. The number of methoxy groups -OCH3 is 1. The van der Waals surface area contributed by atoms with Crippen LogP contribution in [0.15, 0.2) is 56.7 Å². The molecular weight excluding hydrogens is 364 g/mol. The number of rotatable bonds is 7. The summed E-state index contributed by atoms with van der Waals surface area (Å²) in [5.41, 5.74) is 2.36. The minimum atomic E-state index is -0.365. The Labute approximate surface area is 141 Å². The molecule has 0 radical (unpaired) electrons. The maximum atomic E-state index is 11.6. The highest BCUT2D eigenvalue weighted by Gasteiger charge is 2.06. The number of hydrazone groups is 1. The summed E-state index contributed by atoms with van der Waals surface area (Å²) >= 11 is 3.35. The number of furan rings is 1. The van der Waals surface area contributed by atoms with Gasteiger partial charge in [-0.25, -0.2) is 5.43 Å². The molecule has 1 heterocycles. The summed E-state index contributed by atoms with van der Waals surface area (Å²) in [6.07, 6.45) is 6.40. The lowest BCUT2D eigenvalue weighted by Crippen LogP contribution is -2.24. The lowest BCUT2D eigenvalue weighted by atomic mass is 10.3. The van der Waals surface area contributed by atoms with E-state index < -0.39 is 0 Å². The lowest BCUT2D eigenvalue weighted by Gasteiger charge is -2.08. The van der Waals surface area contributed by atoms with Gasteiger partial charge in [-0.05, 0) is 58.4 Å². The number of allylic oxidation sites excluding steroid dienone is 1. The molecule has 2 rings (SSSR count). The van der Waals surface area contributed by atoms with Crippen LogP contribution in [-0.4, -0.2) is 25.8 Å². The molecule has 0 saturated carbocycles. The van der Waals surface area contributed by atoms with Crippen molar-refractivity contribution < 1.29 is 18.7 Å². The molecule has 0 atom stereocenters. The number of halogens is 1. The normalized spacial score (nSPS) is 11.0. The molecule has 1 aromatic carbocycles. The molecule has 0 spiro atoms. The zero-order chi connectivity index (χ0) is 16.5. The second-order valence-electron chi connectivity index (χ2n) is 4.27. The summed E-state index contributed by atoms with van der Waals surface area (Å²) in [7, 11) is 1.58. The summed E-state index contributed by atoms with van der Waals surface area (Å²) < 4.78 is 16.3. The topological polar surface area (TPSA) is 73.1 Å². The maximum absolute atomic E-state index is 11.6. The van der Waals surface area contributed by atoms with E-state index in [1.165, 1.54) is 6.21 Å². The van der Waals surface area contributed by atoms with Gasteiger partial charge in [0, 0.05) is 6.21 Å². The second-order valence-corrected chi connectivity index (χ2v) is 5.13. The van der Waals surface area contributed by atoms with Crippen LogP contribution in [-0.2, 0) is 4.79 Å². The molecule has 1 aromatic heterocycles. The summed E-state index contributed by atoms with van der Waals surface area (Å²) in [5.74, 6) is 1.58. The maximum Gasteiger partial charge on any atom is 0.277 e. The average molecular weight is 379 g/mol. The Morgan fingerprint density at radius 2 is 2.30 bits per heavy atom. The van der Waals surface area contributed by atoms with Crippen LogP contribution < -0.4 is 14.9 Å². The first-order chi connectivity index (χ1) is 11.2. The summed E-state index contributed by atoms with van der Waals surface area (Å²) in [6, 6.07) is 8.81. The van der Waals surface area contributed by atoms with Crippen LogP contribution in [0.4, 0.5) is 0 Å². The van der Waals surface area contributed by atoms with Gasteiger partial charge in [0.05, 0.1) is 17.8 Å². The van der Waals surface area contributed by atoms with Crippen LogP contribution >= 0.6 is 15.9 Å². The van der Waals surface area contributed by atoms with E-state index in [2.05, 4.69) is 26.5 Å². The van der Waals surface area contributed by atoms with Gasteiger partial charge in [0.1, 0.15) is 17.3 Å². The van der Waals surface area contributed by atoms with Crippen LogP contribution in [0, 0.1) is 0 Å². The molecule has 0 unspecified atom stereocenters. The largest absolute Gasteiger partial charge is 0.497 e. The van der Waals surface area contributed by atoms with E-state index >= 15 is 0 Å². The van der Waals surface area contributed by atoms with Crippen molar-refractivity contribution in [2.75, 3.05) is 13.7 Å². The Kier molecular flexibility index (Phi) is 6.43. The molecule has 0 saturated heterocycles. The molecule has 23 heavy (non-hydrogen) atoms. The average Bonchev–Trinajstić information content (AvgIpc) is 3.06. The predicted molar refractivity (Wildman–Crippen MR) is 90.6 cm³/mol. The standard InChI is InChI=1S/C16H15BrN2O4/c1-21-13-6-7-15(14(17)10-13)23-11-16(20)19-18-8-2-4-12-5-3-9-22-12/h2-10H,11H2,1H3,(H,19,20)/b4-2+,18-8+. The van der Waals surface area contributed by atoms with Crippen LogP contribution in [0.2, 0.25) is 0 Å². The molecule has 0 aliphatic carbocycles. The van der Waals surface area contributed by atoms with Crippen molar-refractivity contribution in [3.8, 4) is 11.5 Å². The van der Waals surface area contributed by atoms with E-state index in [0.717, 1.165) is 0 Å². The molecule has 0 bridgehead atoms. The summed E-state index contributed by atoms with van der Waals surface area (Å²) in [4.78, 5) is 11.6. The molecule has 2 aromatic rings. The zero-order valence-electron chi connectivity index (χ0n) is 12.4. The molecule has 6 nitrogen and oxygen atoms in total. The van der Waals surface area contributed by atoms with Crippen LogP contribution in [0.3, 0.4) is 0 Å². The predicted octanol–water partition coefficient (Wildman–Crippen LogP) is 3.24. The number of ether oxygens (including phenoxy) is 2. The Hall–Kier alpha value is -2.54. The molecule has 120 valence electrons. The van der Waals surface area contributed by atoms with Crippen LogP contribution in [0.25, 0.3) is 6.08 Å². The van der Waals surface area contributed by atoms with Gasteiger partial charge in [-0.3, -0.25) is 4.79 Å². The first-order valence-corrected chi connectivity index (χ1v) is 7.47. The fraction of sp³-hybridized carbons (Fsp3) is 0.125. The number of hydrogen-bond donors (Lipinski definition) is 1. The van der Waals surface area contributed by atoms with E-state index in [1.807, 2.05) is 6.07 Å². The number of amides is 1. The van der Waals surface area contributed by atoms with Crippen molar-refractivity contribution in [3.05, 3.63) is 52.9 Å². The van der Waals surface area contributed by atoms with Gasteiger partial charge < -0.3 is 13.9 Å². The van der Waals surface area contributed by atoms with Crippen LogP contribution in [0.1, 0.15) is 5.76 Å². The fourth-order valence-corrected chi connectivity index (χ4v) is 2.05. The number of benzene rings is 1. The Balaban J connectivity index is 1.74. The number of carbonyl (C=O) groups excluding carboxylic acids is 1. The van der Waals surface area contributed by atoms with Crippen molar-refractivity contribution in [1.82, 2.24) is 5.43 Å². The first-order valence-electron chi connectivity index (χ1n) is 6.67. The Morgan fingerprint density at radius 3 is 3.00 bits per heavy atom. The second kappa shape index (κ2) is 8.79. The number of nitrogens with zero attached hydrogens (tertiary/aromatic N) is 1. The quantitative estimate of drug-likeness (QED) is 0.592. The Bertz CT molecular complexity index is 696. The van der Waals surface area contributed by atoms with E-state index in [9.17, 15) is 4.79 Å². The minimum Gasteiger partial charge on any atom is -0.497 e. The van der Waals surface area contributed by atoms with Gasteiger partial charge in [-0.15, -0.1) is 0 Å². The number of nitrogens with one attached hydrogen (secondary N) is 1. The van der Waals surface area contributed by atoms with Gasteiger partial charge in [0.2, 0.25) is 0 Å². The highest BCUT2D eigenvalue weighted by Crippen LogP contribution is 2.28. The molecule has 0 aliphatic heterocycles. The summed E-state index contributed by atoms with van der Waals surface area (Å²) in [6.45, 7) is -0.149. The highest BCUT2D eigenvalue weighted by molar-refractivity contribution is 9.10. The van der Waals surface area contributed by atoms with E-state index in [4.69, 9.17) is 13.9 Å². The molecule has 0 aliphatic rings. The molecule has 1 amide bonds. The monoisotopic (exact) mass is 378 g/mol. The van der Waals surface area contributed by atoms with E-state index in [0.29, 0.717) is 21.7 Å². The van der Waals surface area contributed by atoms with Crippen molar-refractivity contribution in [3.63, 3.8) is 0 Å². The smallest absolute Gasteiger partial charge is 0.277 e. The molecule has 1 N–H and O–H groups in total. The summed E-state index contributed by atoms with van der Waals surface area (Å²) in [5, 5.41) is 3.77. The van der Waals surface area contributed by atoms with Crippen LogP contribution in [0.5, 0.6) is 11.5 Å². The van der Waals surface area contributed by atoms with Gasteiger partial charge in [-0.1, -0.05) is 0 Å². The van der Waals surface area contributed by atoms with Gasteiger partial charge >= 0.3 is 0 Å². The molecule has 7 heteroatoms. The highest BCUT2D eigenvalue weighted by atomic mass is 79.9. The van der Waals surface area contributed by atoms with Crippen molar-refractivity contribution in [1.29, 1.82) is 0 Å².